The van der Waals surface area contributed by atoms with Gasteiger partial charge in [-0.2, -0.15) is 0 Å². The Kier molecular flexibility index (Phi) is 14.4. The van der Waals surface area contributed by atoms with E-state index in [1.165, 1.54) is 0 Å². The van der Waals surface area contributed by atoms with Gasteiger partial charge in [0.2, 0.25) is 0 Å². The zero-order valence-electron chi connectivity index (χ0n) is 23.2. The molecule has 0 saturated carbocycles. The van der Waals surface area contributed by atoms with Crippen molar-refractivity contribution in [3.8, 4) is 5.75 Å². The van der Waals surface area contributed by atoms with E-state index in [9.17, 15) is 4.79 Å². The van der Waals surface area contributed by atoms with E-state index in [1.807, 2.05) is 31.2 Å². The SMILES string of the molecule is C=C(CCC[C@H](C)[C@H](COCc1ccc(OC)cc1)OCOC)[C@H]1CC[C@@](C)([C@@H](CC=O)OCOC)O1. The van der Waals surface area contributed by atoms with E-state index in [1.54, 1.807) is 21.3 Å². The first-order valence-corrected chi connectivity index (χ1v) is 13.1. The summed E-state index contributed by atoms with van der Waals surface area (Å²) in [5.41, 5.74) is 1.64. The van der Waals surface area contributed by atoms with Crippen LogP contribution in [0.4, 0.5) is 0 Å². The smallest absolute Gasteiger partial charge is 0.146 e. The van der Waals surface area contributed by atoms with Crippen molar-refractivity contribution in [1.29, 1.82) is 0 Å². The summed E-state index contributed by atoms with van der Waals surface area (Å²) in [5.74, 6) is 1.11. The molecule has 1 aliphatic heterocycles. The van der Waals surface area contributed by atoms with E-state index in [0.29, 0.717) is 13.2 Å². The summed E-state index contributed by atoms with van der Waals surface area (Å²) in [6.07, 6.45) is 5.21. The van der Waals surface area contributed by atoms with Gasteiger partial charge in [-0.1, -0.05) is 25.6 Å². The molecule has 1 aromatic carbocycles. The molecule has 1 heterocycles. The first-order valence-electron chi connectivity index (χ1n) is 13.1. The maximum atomic E-state index is 11.2. The number of hydrogen-bond donors (Lipinski definition) is 0. The third-order valence-corrected chi connectivity index (χ3v) is 7.05. The van der Waals surface area contributed by atoms with Crippen molar-refractivity contribution in [2.24, 2.45) is 5.92 Å². The largest absolute Gasteiger partial charge is 0.497 e. The Morgan fingerprint density at radius 1 is 1.16 bits per heavy atom. The van der Waals surface area contributed by atoms with Crippen LogP contribution in [0.3, 0.4) is 0 Å². The van der Waals surface area contributed by atoms with Crippen molar-refractivity contribution in [2.45, 2.75) is 82.9 Å². The van der Waals surface area contributed by atoms with E-state index >= 15 is 0 Å². The fourth-order valence-electron chi connectivity index (χ4n) is 4.66. The highest BCUT2D eigenvalue weighted by Gasteiger charge is 2.43. The van der Waals surface area contributed by atoms with Crippen LogP contribution in [-0.4, -0.2) is 71.7 Å². The normalized spacial score (nSPS) is 21.9. The predicted molar refractivity (Wildman–Crippen MR) is 141 cm³/mol. The van der Waals surface area contributed by atoms with Gasteiger partial charge >= 0.3 is 0 Å². The van der Waals surface area contributed by atoms with Crippen LogP contribution in [0.1, 0.15) is 57.9 Å². The molecule has 1 fully saturated rings. The zero-order chi connectivity index (χ0) is 27.1. The lowest BCUT2D eigenvalue weighted by Crippen LogP contribution is -2.42. The summed E-state index contributed by atoms with van der Waals surface area (Å²) in [6.45, 7) is 9.87. The van der Waals surface area contributed by atoms with Crippen LogP contribution in [-0.2, 0) is 39.8 Å². The minimum absolute atomic E-state index is 0.0334. The van der Waals surface area contributed by atoms with Gasteiger partial charge in [0.15, 0.2) is 0 Å². The van der Waals surface area contributed by atoms with Gasteiger partial charge in [-0.25, -0.2) is 0 Å². The van der Waals surface area contributed by atoms with E-state index in [4.69, 9.17) is 33.2 Å². The molecule has 2 rings (SSSR count). The number of benzene rings is 1. The van der Waals surface area contributed by atoms with Crippen molar-refractivity contribution in [3.63, 3.8) is 0 Å². The fourth-order valence-corrected chi connectivity index (χ4v) is 4.66. The number of ether oxygens (including phenoxy) is 7. The number of methoxy groups -OCH3 is 3. The van der Waals surface area contributed by atoms with Crippen molar-refractivity contribution in [1.82, 2.24) is 0 Å². The number of aldehydes is 1. The lowest BCUT2D eigenvalue weighted by Gasteiger charge is -2.33. The van der Waals surface area contributed by atoms with Crippen molar-refractivity contribution in [3.05, 3.63) is 42.0 Å². The molecule has 210 valence electrons. The standard InChI is InChI=1S/C29H46O8/c1-22(26-14-16-29(3,37-26)28(15-17-30)36-21-32-5)8-7-9-23(2)27(35-20-31-4)19-34-18-24-10-12-25(33-6)13-11-24/h10-13,17,23,26-28H,1,7-9,14-16,18-21H2,2-6H3/t23-,26+,27-,28+,29-/m0/s1. The molecule has 0 spiro atoms. The fraction of sp³-hybridized carbons (Fsp3) is 0.690. The molecule has 0 bridgehead atoms. The highest BCUT2D eigenvalue weighted by atomic mass is 16.7. The van der Waals surface area contributed by atoms with Crippen molar-refractivity contribution >= 4 is 6.29 Å². The average molecular weight is 523 g/mol. The van der Waals surface area contributed by atoms with Crippen LogP contribution in [0.2, 0.25) is 0 Å². The molecule has 8 heteroatoms. The summed E-state index contributed by atoms with van der Waals surface area (Å²) in [7, 11) is 4.85. The summed E-state index contributed by atoms with van der Waals surface area (Å²) < 4.78 is 39.4. The topological polar surface area (TPSA) is 81.7 Å². The van der Waals surface area contributed by atoms with Crippen molar-refractivity contribution in [2.75, 3.05) is 41.5 Å². The van der Waals surface area contributed by atoms with Crippen LogP contribution in [0, 0.1) is 5.92 Å². The minimum Gasteiger partial charge on any atom is -0.497 e. The second-order valence-corrected chi connectivity index (χ2v) is 9.92. The Labute approximate surface area is 222 Å². The molecule has 1 aromatic rings. The summed E-state index contributed by atoms with van der Waals surface area (Å²) in [4.78, 5) is 11.2. The third-order valence-electron chi connectivity index (χ3n) is 7.05. The molecular formula is C29H46O8. The molecule has 0 amide bonds. The molecule has 1 saturated heterocycles. The summed E-state index contributed by atoms with van der Waals surface area (Å²) in [5, 5.41) is 0. The van der Waals surface area contributed by atoms with Crippen LogP contribution < -0.4 is 4.74 Å². The Morgan fingerprint density at radius 3 is 2.51 bits per heavy atom. The molecule has 5 atom stereocenters. The third kappa shape index (κ3) is 10.5. The maximum Gasteiger partial charge on any atom is 0.146 e. The van der Waals surface area contributed by atoms with Gasteiger partial charge in [-0.3, -0.25) is 0 Å². The van der Waals surface area contributed by atoms with E-state index in [2.05, 4.69) is 13.5 Å². The Balaban J connectivity index is 1.79. The maximum absolute atomic E-state index is 11.2. The number of carbonyl (C=O) groups is 1. The van der Waals surface area contributed by atoms with Crippen LogP contribution in [0.15, 0.2) is 36.4 Å². The van der Waals surface area contributed by atoms with Gasteiger partial charge in [-0.15, -0.1) is 0 Å². The molecule has 1 aliphatic rings. The van der Waals surface area contributed by atoms with Gasteiger partial charge in [0.1, 0.15) is 25.6 Å². The summed E-state index contributed by atoms with van der Waals surface area (Å²) in [6, 6.07) is 7.86. The second kappa shape index (κ2) is 16.9. The quantitative estimate of drug-likeness (QED) is 0.133. The van der Waals surface area contributed by atoms with Gasteiger partial charge in [0.25, 0.3) is 0 Å². The van der Waals surface area contributed by atoms with Gasteiger partial charge in [-0.05, 0) is 68.2 Å². The first-order chi connectivity index (χ1) is 17.9. The van der Waals surface area contributed by atoms with Gasteiger partial charge in [0.05, 0.1) is 44.2 Å². The zero-order valence-corrected chi connectivity index (χ0v) is 23.2. The summed E-state index contributed by atoms with van der Waals surface area (Å²) >= 11 is 0. The molecule has 0 N–H and O–H groups in total. The molecule has 0 unspecified atom stereocenters. The van der Waals surface area contributed by atoms with Crippen LogP contribution in [0.5, 0.6) is 5.75 Å². The monoisotopic (exact) mass is 522 g/mol. The highest BCUT2D eigenvalue weighted by Crippen LogP contribution is 2.39. The molecule has 0 radical (unpaired) electrons. The molecular weight excluding hydrogens is 476 g/mol. The highest BCUT2D eigenvalue weighted by molar-refractivity contribution is 5.50. The molecule has 8 nitrogen and oxygen atoms in total. The first kappa shape index (κ1) is 31.4. The number of rotatable bonds is 20. The lowest BCUT2D eigenvalue weighted by molar-refractivity contribution is -0.165. The van der Waals surface area contributed by atoms with Crippen LogP contribution in [0.25, 0.3) is 0 Å². The number of hydrogen-bond acceptors (Lipinski definition) is 8. The Bertz CT molecular complexity index is 783. The Hall–Kier alpha value is -1.81. The van der Waals surface area contributed by atoms with E-state index < -0.39 is 5.60 Å². The van der Waals surface area contributed by atoms with E-state index in [-0.39, 0.29) is 44.2 Å². The average Bonchev–Trinajstić information content (AvgIpc) is 3.31. The lowest BCUT2D eigenvalue weighted by atomic mass is 9.92. The van der Waals surface area contributed by atoms with Crippen LogP contribution >= 0.6 is 0 Å². The minimum atomic E-state index is -0.527. The van der Waals surface area contributed by atoms with Crippen molar-refractivity contribution < 1.29 is 38.0 Å². The predicted octanol–water partition coefficient (Wildman–Crippen LogP) is 5.08. The molecule has 0 aromatic heterocycles. The number of carbonyl (C=O) groups excluding carboxylic acids is 1. The molecule has 37 heavy (non-hydrogen) atoms. The molecule has 0 aliphatic carbocycles. The second-order valence-electron chi connectivity index (χ2n) is 9.92. The van der Waals surface area contributed by atoms with Gasteiger partial charge < -0.3 is 38.0 Å². The Morgan fingerprint density at radius 2 is 1.86 bits per heavy atom. The van der Waals surface area contributed by atoms with Gasteiger partial charge in [0, 0.05) is 20.6 Å². The van der Waals surface area contributed by atoms with E-state index in [0.717, 1.165) is 55.3 Å².